The molecule has 0 atom stereocenters. The number of methoxy groups -OCH3 is 1. The first kappa shape index (κ1) is 24.8. The molecule has 9 heteroatoms. The monoisotopic (exact) mass is 496 g/mol. The fraction of sp³-hybridized carbons (Fsp3) is 0.308. The van der Waals surface area contributed by atoms with Gasteiger partial charge in [-0.1, -0.05) is 29.8 Å². The number of nitrogens with zero attached hydrogens (tertiary/aromatic N) is 2. The third-order valence-electron chi connectivity index (χ3n) is 5.75. The molecule has 0 fully saturated rings. The lowest BCUT2D eigenvalue weighted by Crippen LogP contribution is -2.14. The van der Waals surface area contributed by atoms with E-state index < -0.39 is 16.0 Å². The second-order valence-corrected chi connectivity index (χ2v) is 9.82. The zero-order valence-electron chi connectivity index (χ0n) is 20.2. The van der Waals surface area contributed by atoms with Crippen molar-refractivity contribution in [1.29, 1.82) is 0 Å². The van der Waals surface area contributed by atoms with Gasteiger partial charge < -0.3 is 14.2 Å². The summed E-state index contributed by atoms with van der Waals surface area (Å²) in [5.74, 6) is -0.592. The quantitative estimate of drug-likeness (QED) is 0.313. The van der Waals surface area contributed by atoms with Crippen LogP contribution < -0.4 is 0 Å². The Hall–Kier alpha value is -3.27. The van der Waals surface area contributed by atoms with E-state index in [1.54, 1.807) is 43.3 Å². The van der Waals surface area contributed by atoms with Crippen LogP contribution in [0.15, 0.2) is 53.6 Å². The van der Waals surface area contributed by atoms with Crippen LogP contribution >= 0.6 is 0 Å². The van der Waals surface area contributed by atoms with Crippen molar-refractivity contribution < 1.29 is 27.4 Å². The van der Waals surface area contributed by atoms with Crippen molar-refractivity contribution in [2.75, 3.05) is 20.3 Å². The number of ether oxygens (including phenoxy) is 3. The fourth-order valence-electron chi connectivity index (χ4n) is 4.22. The number of fused-ring (bicyclic) bond motifs is 3. The zero-order valence-corrected chi connectivity index (χ0v) is 21.0. The third kappa shape index (κ3) is 4.42. The number of hydrogen-bond acceptors (Lipinski definition) is 7. The average molecular weight is 497 g/mol. The first-order chi connectivity index (χ1) is 16.8. The van der Waals surface area contributed by atoms with Crippen molar-refractivity contribution in [1.82, 2.24) is 8.96 Å². The number of carbonyl (C=O) groups is 1. The summed E-state index contributed by atoms with van der Waals surface area (Å²) in [6.07, 6.45) is 1.41. The Morgan fingerprint density at radius 2 is 1.71 bits per heavy atom. The first-order valence-corrected chi connectivity index (χ1v) is 12.8. The number of pyridine rings is 1. The molecular formula is C26H28N2O6S. The van der Waals surface area contributed by atoms with E-state index >= 15 is 0 Å². The molecule has 2 aromatic carbocycles. The van der Waals surface area contributed by atoms with E-state index in [1.165, 1.54) is 17.3 Å². The van der Waals surface area contributed by atoms with Crippen LogP contribution in [0.5, 0.6) is 0 Å². The van der Waals surface area contributed by atoms with Crippen LogP contribution in [0.25, 0.3) is 21.8 Å². The predicted molar refractivity (Wildman–Crippen MR) is 133 cm³/mol. The van der Waals surface area contributed by atoms with Gasteiger partial charge in [0.05, 0.1) is 41.9 Å². The minimum atomic E-state index is -4.00. The minimum Gasteiger partial charge on any atom is -0.461 e. The summed E-state index contributed by atoms with van der Waals surface area (Å²) in [7, 11) is -2.49. The van der Waals surface area contributed by atoms with Gasteiger partial charge in [0.15, 0.2) is 5.69 Å². The highest BCUT2D eigenvalue weighted by molar-refractivity contribution is 7.90. The SMILES string of the molecule is CCOCc1cccc2c1c1c(COC)c(C(=O)OCC)ncc1n2S(=O)(=O)c1ccc(C)cc1. The van der Waals surface area contributed by atoms with E-state index in [4.69, 9.17) is 14.2 Å². The van der Waals surface area contributed by atoms with Crippen LogP contribution in [-0.2, 0) is 37.4 Å². The molecule has 8 nitrogen and oxygen atoms in total. The molecule has 0 amide bonds. The Bertz CT molecular complexity index is 1490. The molecule has 0 aliphatic rings. The van der Waals surface area contributed by atoms with Crippen molar-refractivity contribution in [3.63, 3.8) is 0 Å². The molecule has 0 saturated carbocycles. The summed E-state index contributed by atoms with van der Waals surface area (Å²) in [5, 5.41) is 1.25. The highest BCUT2D eigenvalue weighted by atomic mass is 32.2. The molecule has 4 rings (SSSR count). The standard InChI is InChI=1S/C26H28N2O6S/c1-5-33-15-18-8-7-9-21-23(18)24-20(16-32-4)25(26(29)34-6-2)27-14-22(24)28(21)35(30,31)19-12-10-17(3)11-13-19/h7-14H,5-6,15-16H2,1-4H3. The topological polar surface area (TPSA) is 96.7 Å². The van der Waals surface area contributed by atoms with Crippen molar-refractivity contribution >= 4 is 37.8 Å². The van der Waals surface area contributed by atoms with E-state index in [0.717, 1.165) is 11.1 Å². The number of aryl methyl sites for hydroxylation is 1. The number of hydrogen-bond donors (Lipinski definition) is 0. The average Bonchev–Trinajstić information content (AvgIpc) is 3.19. The Kier molecular flexibility index (Phi) is 7.20. The lowest BCUT2D eigenvalue weighted by molar-refractivity contribution is 0.0514. The van der Waals surface area contributed by atoms with Crippen LogP contribution in [0.4, 0.5) is 0 Å². The lowest BCUT2D eigenvalue weighted by Gasteiger charge is -2.11. The molecular weight excluding hydrogens is 468 g/mol. The second-order valence-electron chi connectivity index (χ2n) is 8.03. The second kappa shape index (κ2) is 10.2. The lowest BCUT2D eigenvalue weighted by atomic mass is 10.0. The Morgan fingerprint density at radius 1 is 0.971 bits per heavy atom. The Labute approximate surface area is 204 Å². The Morgan fingerprint density at radius 3 is 2.37 bits per heavy atom. The van der Waals surface area contributed by atoms with Crippen molar-refractivity contribution in [2.45, 2.75) is 38.9 Å². The molecule has 2 heterocycles. The molecule has 2 aromatic heterocycles. The minimum absolute atomic E-state index is 0.0468. The van der Waals surface area contributed by atoms with Gasteiger partial charge in [0.2, 0.25) is 0 Å². The van der Waals surface area contributed by atoms with Gasteiger partial charge in [-0.15, -0.1) is 0 Å². The summed E-state index contributed by atoms with van der Waals surface area (Å²) in [5.41, 5.74) is 3.14. The molecule has 0 N–H and O–H groups in total. The first-order valence-electron chi connectivity index (χ1n) is 11.3. The van der Waals surface area contributed by atoms with Crippen LogP contribution in [-0.4, -0.2) is 43.7 Å². The molecule has 184 valence electrons. The maximum atomic E-state index is 13.9. The van der Waals surface area contributed by atoms with Gasteiger partial charge in [0.25, 0.3) is 10.0 Å². The van der Waals surface area contributed by atoms with Crippen molar-refractivity contribution in [3.8, 4) is 0 Å². The molecule has 0 unspecified atom stereocenters. The smallest absolute Gasteiger partial charge is 0.357 e. The Balaban J connectivity index is 2.16. The summed E-state index contributed by atoms with van der Waals surface area (Å²) >= 11 is 0. The van der Waals surface area contributed by atoms with Gasteiger partial charge >= 0.3 is 5.97 Å². The molecule has 0 radical (unpaired) electrons. The van der Waals surface area contributed by atoms with E-state index in [0.29, 0.717) is 34.0 Å². The summed E-state index contributed by atoms with van der Waals surface area (Å²) in [6.45, 7) is 6.51. The number of aromatic nitrogens is 2. The van der Waals surface area contributed by atoms with E-state index in [1.807, 2.05) is 19.9 Å². The predicted octanol–water partition coefficient (Wildman–Crippen LogP) is 4.59. The fourth-order valence-corrected chi connectivity index (χ4v) is 5.71. The van der Waals surface area contributed by atoms with Crippen LogP contribution in [0.3, 0.4) is 0 Å². The normalized spacial score (nSPS) is 11.9. The maximum Gasteiger partial charge on any atom is 0.357 e. The largest absolute Gasteiger partial charge is 0.461 e. The molecule has 0 aliphatic heterocycles. The molecule has 0 aliphatic carbocycles. The van der Waals surface area contributed by atoms with Gasteiger partial charge in [0.1, 0.15) is 0 Å². The highest BCUT2D eigenvalue weighted by Crippen LogP contribution is 2.38. The zero-order chi connectivity index (χ0) is 25.2. The van der Waals surface area contributed by atoms with Gasteiger partial charge in [-0.05, 0) is 44.5 Å². The summed E-state index contributed by atoms with van der Waals surface area (Å²) in [4.78, 5) is 17.2. The summed E-state index contributed by atoms with van der Waals surface area (Å²) < 4.78 is 45.5. The maximum absolute atomic E-state index is 13.9. The molecule has 0 bridgehead atoms. The van der Waals surface area contributed by atoms with Crippen LogP contribution in [0.2, 0.25) is 0 Å². The molecule has 4 aromatic rings. The van der Waals surface area contributed by atoms with E-state index in [9.17, 15) is 13.2 Å². The summed E-state index contributed by atoms with van der Waals surface area (Å²) in [6, 6.07) is 12.1. The number of esters is 1. The highest BCUT2D eigenvalue weighted by Gasteiger charge is 2.29. The number of rotatable bonds is 9. The van der Waals surface area contributed by atoms with Gasteiger partial charge in [0, 0.05) is 30.1 Å². The van der Waals surface area contributed by atoms with Crippen molar-refractivity contribution in [3.05, 3.63) is 71.0 Å². The van der Waals surface area contributed by atoms with E-state index in [2.05, 4.69) is 4.98 Å². The molecule has 0 saturated heterocycles. The van der Waals surface area contributed by atoms with Gasteiger partial charge in [-0.2, -0.15) is 0 Å². The number of carbonyl (C=O) groups excluding carboxylic acids is 1. The van der Waals surface area contributed by atoms with Gasteiger partial charge in [-0.3, -0.25) is 0 Å². The van der Waals surface area contributed by atoms with Crippen LogP contribution in [0, 0.1) is 6.92 Å². The van der Waals surface area contributed by atoms with E-state index in [-0.39, 0.29) is 30.4 Å². The van der Waals surface area contributed by atoms with Crippen molar-refractivity contribution in [2.24, 2.45) is 0 Å². The van der Waals surface area contributed by atoms with Gasteiger partial charge in [-0.25, -0.2) is 22.2 Å². The number of benzene rings is 2. The third-order valence-corrected chi connectivity index (χ3v) is 7.50. The van der Waals surface area contributed by atoms with Crippen LogP contribution in [0.1, 0.15) is 41.0 Å². The molecule has 35 heavy (non-hydrogen) atoms. The molecule has 0 spiro atoms.